The van der Waals surface area contributed by atoms with Crippen LogP contribution in [0.25, 0.3) is 22.0 Å². The average Bonchev–Trinajstić information content (AvgIpc) is 2.39. The second-order valence-electron chi connectivity index (χ2n) is 4.19. The van der Waals surface area contributed by atoms with E-state index in [4.69, 9.17) is 5.73 Å². The van der Waals surface area contributed by atoms with Gasteiger partial charge in [0.2, 0.25) is 0 Å². The van der Waals surface area contributed by atoms with Gasteiger partial charge in [-0.25, -0.2) is 0 Å². The molecule has 3 heteroatoms. The van der Waals surface area contributed by atoms with Crippen LogP contribution in [0, 0.1) is 0 Å². The standard InChI is InChI=1S/C15H12N2O/c16-13-7-3-2-6-11(13)12-9-10-5-1-4-8-14(10)17-15(12)18/h1-9H,16H2,(H,17,18). The second kappa shape index (κ2) is 4.04. The number of anilines is 1. The molecular weight excluding hydrogens is 224 g/mol. The average molecular weight is 236 g/mol. The van der Waals surface area contributed by atoms with Crippen molar-refractivity contribution in [3.63, 3.8) is 0 Å². The quantitative estimate of drug-likeness (QED) is 0.638. The van der Waals surface area contributed by atoms with Gasteiger partial charge in [-0.05, 0) is 23.6 Å². The molecule has 0 saturated heterocycles. The molecule has 3 N–H and O–H groups in total. The minimum Gasteiger partial charge on any atom is -0.398 e. The Hall–Kier alpha value is -2.55. The molecule has 3 aromatic rings. The zero-order chi connectivity index (χ0) is 12.5. The molecule has 0 radical (unpaired) electrons. The van der Waals surface area contributed by atoms with Gasteiger partial charge in [-0.2, -0.15) is 0 Å². The second-order valence-corrected chi connectivity index (χ2v) is 4.19. The summed E-state index contributed by atoms with van der Waals surface area (Å²) in [6.07, 6.45) is 0. The van der Waals surface area contributed by atoms with Crippen LogP contribution in [0.15, 0.2) is 59.4 Å². The summed E-state index contributed by atoms with van der Waals surface area (Å²) in [5.41, 5.74) is 8.61. The lowest BCUT2D eigenvalue weighted by molar-refractivity contribution is 1.31. The summed E-state index contributed by atoms with van der Waals surface area (Å²) in [4.78, 5) is 14.9. The summed E-state index contributed by atoms with van der Waals surface area (Å²) in [6.45, 7) is 0. The fourth-order valence-electron chi connectivity index (χ4n) is 2.09. The molecule has 0 saturated carbocycles. The highest BCUT2D eigenvalue weighted by molar-refractivity contribution is 5.86. The molecule has 1 heterocycles. The summed E-state index contributed by atoms with van der Waals surface area (Å²) in [5, 5.41) is 0.996. The number of hydrogen-bond acceptors (Lipinski definition) is 2. The Kier molecular flexibility index (Phi) is 2.38. The lowest BCUT2D eigenvalue weighted by Crippen LogP contribution is -2.09. The number of nitrogens with two attached hydrogens (primary N) is 1. The van der Waals surface area contributed by atoms with Gasteiger partial charge in [-0.15, -0.1) is 0 Å². The summed E-state index contributed by atoms with van der Waals surface area (Å²) >= 11 is 0. The highest BCUT2D eigenvalue weighted by atomic mass is 16.1. The number of H-pyrrole nitrogens is 1. The number of rotatable bonds is 1. The predicted octanol–water partition coefficient (Wildman–Crippen LogP) is 2.78. The van der Waals surface area contributed by atoms with Crippen LogP contribution in [-0.4, -0.2) is 4.98 Å². The zero-order valence-corrected chi connectivity index (χ0v) is 9.68. The van der Waals surface area contributed by atoms with E-state index in [1.54, 1.807) is 6.07 Å². The van der Waals surface area contributed by atoms with Gasteiger partial charge in [-0.1, -0.05) is 36.4 Å². The van der Waals surface area contributed by atoms with E-state index < -0.39 is 0 Å². The smallest absolute Gasteiger partial charge is 0.256 e. The maximum absolute atomic E-state index is 12.1. The molecule has 18 heavy (non-hydrogen) atoms. The molecular formula is C15H12N2O. The van der Waals surface area contributed by atoms with Crippen LogP contribution in [0.4, 0.5) is 5.69 Å². The molecule has 1 aromatic heterocycles. The fourth-order valence-corrected chi connectivity index (χ4v) is 2.09. The van der Waals surface area contributed by atoms with Crippen molar-refractivity contribution in [3.05, 3.63) is 65.0 Å². The number of pyridine rings is 1. The summed E-state index contributed by atoms with van der Waals surface area (Å²) in [5.74, 6) is 0. The molecule has 3 nitrogen and oxygen atoms in total. The molecule has 0 aliphatic carbocycles. The zero-order valence-electron chi connectivity index (χ0n) is 9.68. The molecule has 0 amide bonds. The topological polar surface area (TPSA) is 58.9 Å². The monoisotopic (exact) mass is 236 g/mol. The largest absolute Gasteiger partial charge is 0.398 e. The van der Waals surface area contributed by atoms with Crippen molar-refractivity contribution >= 4 is 16.6 Å². The van der Waals surface area contributed by atoms with Crippen LogP contribution in [-0.2, 0) is 0 Å². The number of aromatic nitrogens is 1. The van der Waals surface area contributed by atoms with Gasteiger partial charge >= 0.3 is 0 Å². The van der Waals surface area contributed by atoms with Crippen LogP contribution >= 0.6 is 0 Å². The number of nitrogens with one attached hydrogen (secondary N) is 1. The molecule has 88 valence electrons. The third kappa shape index (κ3) is 1.66. The number of fused-ring (bicyclic) bond motifs is 1. The van der Waals surface area contributed by atoms with Crippen molar-refractivity contribution in [2.75, 3.05) is 5.73 Å². The lowest BCUT2D eigenvalue weighted by atomic mass is 10.0. The Morgan fingerprint density at radius 1 is 0.889 bits per heavy atom. The van der Waals surface area contributed by atoms with E-state index in [0.29, 0.717) is 11.3 Å². The first-order valence-corrected chi connectivity index (χ1v) is 5.72. The number of para-hydroxylation sites is 2. The van der Waals surface area contributed by atoms with E-state index in [0.717, 1.165) is 16.5 Å². The van der Waals surface area contributed by atoms with Crippen LogP contribution in [0.5, 0.6) is 0 Å². The first-order chi connectivity index (χ1) is 8.75. The third-order valence-electron chi connectivity index (χ3n) is 3.00. The van der Waals surface area contributed by atoms with E-state index in [2.05, 4.69) is 4.98 Å². The van der Waals surface area contributed by atoms with E-state index in [1.165, 1.54) is 0 Å². The Balaban J connectivity index is 2.33. The normalized spacial score (nSPS) is 10.7. The summed E-state index contributed by atoms with van der Waals surface area (Å²) < 4.78 is 0. The van der Waals surface area contributed by atoms with Gasteiger partial charge in [0, 0.05) is 22.3 Å². The van der Waals surface area contributed by atoms with Crippen molar-refractivity contribution in [1.82, 2.24) is 4.98 Å². The van der Waals surface area contributed by atoms with Crippen molar-refractivity contribution in [1.29, 1.82) is 0 Å². The maximum Gasteiger partial charge on any atom is 0.256 e. The van der Waals surface area contributed by atoms with Gasteiger partial charge < -0.3 is 10.7 Å². The van der Waals surface area contributed by atoms with Gasteiger partial charge in [0.05, 0.1) is 0 Å². The number of nitrogen functional groups attached to an aromatic ring is 1. The van der Waals surface area contributed by atoms with Gasteiger partial charge in [0.15, 0.2) is 0 Å². The van der Waals surface area contributed by atoms with Crippen LogP contribution < -0.4 is 11.3 Å². The summed E-state index contributed by atoms with van der Waals surface area (Å²) in [6, 6.07) is 16.9. The van der Waals surface area contributed by atoms with E-state index in [-0.39, 0.29) is 5.56 Å². The Labute approximate surface area is 104 Å². The minimum atomic E-state index is -0.119. The Morgan fingerprint density at radius 2 is 1.61 bits per heavy atom. The van der Waals surface area contributed by atoms with Gasteiger partial charge in [0.1, 0.15) is 0 Å². The first kappa shape index (κ1) is 10.6. The molecule has 0 aliphatic heterocycles. The van der Waals surface area contributed by atoms with E-state index in [1.807, 2.05) is 48.5 Å². The third-order valence-corrected chi connectivity index (χ3v) is 3.00. The van der Waals surface area contributed by atoms with Crippen molar-refractivity contribution < 1.29 is 0 Å². The number of hydrogen-bond donors (Lipinski definition) is 2. The Morgan fingerprint density at radius 3 is 2.44 bits per heavy atom. The van der Waals surface area contributed by atoms with Crippen LogP contribution in [0.1, 0.15) is 0 Å². The minimum absolute atomic E-state index is 0.119. The van der Waals surface area contributed by atoms with Gasteiger partial charge in [-0.3, -0.25) is 4.79 Å². The SMILES string of the molecule is Nc1ccccc1-c1cc2ccccc2[nH]c1=O. The lowest BCUT2D eigenvalue weighted by Gasteiger charge is -2.06. The first-order valence-electron chi connectivity index (χ1n) is 5.72. The molecule has 0 bridgehead atoms. The van der Waals surface area contributed by atoms with Crippen LogP contribution in [0.2, 0.25) is 0 Å². The number of aromatic amines is 1. The van der Waals surface area contributed by atoms with E-state index >= 15 is 0 Å². The van der Waals surface area contributed by atoms with Gasteiger partial charge in [0.25, 0.3) is 5.56 Å². The van der Waals surface area contributed by atoms with Crippen molar-refractivity contribution in [3.8, 4) is 11.1 Å². The molecule has 0 unspecified atom stereocenters. The molecule has 2 aromatic carbocycles. The predicted molar refractivity (Wildman–Crippen MR) is 74.4 cm³/mol. The van der Waals surface area contributed by atoms with Crippen molar-refractivity contribution in [2.24, 2.45) is 0 Å². The highest BCUT2D eigenvalue weighted by Crippen LogP contribution is 2.24. The number of benzene rings is 2. The highest BCUT2D eigenvalue weighted by Gasteiger charge is 2.07. The molecule has 0 spiro atoms. The van der Waals surface area contributed by atoms with Crippen LogP contribution in [0.3, 0.4) is 0 Å². The summed E-state index contributed by atoms with van der Waals surface area (Å²) in [7, 11) is 0. The molecule has 3 rings (SSSR count). The maximum atomic E-state index is 12.1. The molecule has 0 atom stereocenters. The van der Waals surface area contributed by atoms with Crippen molar-refractivity contribution in [2.45, 2.75) is 0 Å². The fraction of sp³-hybridized carbons (Fsp3) is 0. The molecule has 0 aliphatic rings. The molecule has 0 fully saturated rings. The Bertz CT molecular complexity index is 775. The van der Waals surface area contributed by atoms with E-state index in [9.17, 15) is 4.79 Å².